The predicted octanol–water partition coefficient (Wildman–Crippen LogP) is -1.96. The van der Waals surface area contributed by atoms with Crippen LogP contribution >= 0.6 is 0 Å². The monoisotopic (exact) mass is 351 g/mol. The van der Waals surface area contributed by atoms with Crippen LogP contribution in [-0.2, 0) is 9.53 Å². The first-order valence-electron chi connectivity index (χ1n) is 7.39. The number of carbonyl (C=O) groups excluding carboxylic acids is 1. The van der Waals surface area contributed by atoms with E-state index >= 15 is 0 Å². The van der Waals surface area contributed by atoms with Crippen molar-refractivity contribution in [3.8, 4) is 5.75 Å². The molecule has 0 radical (unpaired) electrons. The number of aryl methyl sites for hydroxylation is 1. The number of ether oxygens (including phenoxy) is 2. The molecular formula is C16H15O9-. The van der Waals surface area contributed by atoms with E-state index in [4.69, 9.17) is 13.9 Å². The van der Waals surface area contributed by atoms with Crippen molar-refractivity contribution in [3.63, 3.8) is 0 Å². The van der Waals surface area contributed by atoms with Gasteiger partial charge in [0.25, 0.3) is 0 Å². The molecule has 1 aliphatic heterocycles. The lowest BCUT2D eigenvalue weighted by atomic mass is 9.99. The van der Waals surface area contributed by atoms with Gasteiger partial charge in [-0.1, -0.05) is 0 Å². The van der Waals surface area contributed by atoms with E-state index in [-0.39, 0.29) is 11.3 Å². The molecule has 3 N–H and O–H groups in total. The van der Waals surface area contributed by atoms with Crippen molar-refractivity contribution in [1.29, 1.82) is 0 Å². The Kier molecular flexibility index (Phi) is 4.48. The fraction of sp³-hybridized carbons (Fsp3) is 0.375. The summed E-state index contributed by atoms with van der Waals surface area (Å²) in [6.07, 6.45) is -8.82. The summed E-state index contributed by atoms with van der Waals surface area (Å²) in [5.41, 5.74) is 0.374. The Morgan fingerprint density at radius 1 is 1.16 bits per heavy atom. The van der Waals surface area contributed by atoms with Crippen LogP contribution in [0.15, 0.2) is 33.5 Å². The molecule has 9 nitrogen and oxygen atoms in total. The van der Waals surface area contributed by atoms with Gasteiger partial charge in [-0.15, -0.1) is 0 Å². The molecule has 0 unspecified atom stereocenters. The van der Waals surface area contributed by atoms with E-state index in [0.717, 1.165) is 0 Å². The number of aliphatic hydroxyl groups is 3. The number of fused-ring (bicyclic) bond motifs is 1. The lowest BCUT2D eigenvalue weighted by Crippen LogP contribution is -2.63. The molecule has 0 amide bonds. The van der Waals surface area contributed by atoms with Crippen LogP contribution in [0.4, 0.5) is 0 Å². The van der Waals surface area contributed by atoms with Gasteiger partial charge in [-0.2, -0.15) is 0 Å². The number of carboxylic acid groups (broad SMARTS) is 1. The van der Waals surface area contributed by atoms with E-state index in [1.54, 1.807) is 13.0 Å². The fourth-order valence-corrected chi connectivity index (χ4v) is 2.65. The molecule has 0 aliphatic carbocycles. The van der Waals surface area contributed by atoms with Gasteiger partial charge in [-0.3, -0.25) is 0 Å². The minimum atomic E-state index is -1.87. The van der Waals surface area contributed by atoms with Crippen LogP contribution in [0.3, 0.4) is 0 Å². The van der Waals surface area contributed by atoms with Crippen LogP contribution in [0, 0.1) is 6.92 Å². The van der Waals surface area contributed by atoms with Gasteiger partial charge < -0.3 is 39.1 Å². The van der Waals surface area contributed by atoms with Gasteiger partial charge >= 0.3 is 5.63 Å². The van der Waals surface area contributed by atoms with Gasteiger partial charge in [0, 0.05) is 17.5 Å². The zero-order chi connectivity index (χ0) is 18.3. The maximum Gasteiger partial charge on any atom is 0.336 e. The highest BCUT2D eigenvalue weighted by Gasteiger charge is 2.45. The number of hydrogen-bond acceptors (Lipinski definition) is 9. The smallest absolute Gasteiger partial charge is 0.336 e. The Morgan fingerprint density at radius 2 is 1.88 bits per heavy atom. The molecule has 2 aromatic rings. The lowest BCUT2D eigenvalue weighted by molar-refractivity contribution is -0.342. The maximum absolute atomic E-state index is 11.4. The summed E-state index contributed by atoms with van der Waals surface area (Å²) in [7, 11) is 0. The van der Waals surface area contributed by atoms with E-state index in [9.17, 15) is 30.0 Å². The zero-order valence-electron chi connectivity index (χ0n) is 13.0. The summed E-state index contributed by atoms with van der Waals surface area (Å²) >= 11 is 0. The quantitative estimate of drug-likeness (QED) is 0.536. The van der Waals surface area contributed by atoms with E-state index in [1.807, 2.05) is 0 Å². The standard InChI is InChI=1S/C16H16O9/c1-6-4-10(17)24-9-5-7(2-3-8(6)9)23-16-13(20)11(18)12(19)14(25-16)15(21)22/h2-5,11-14,16,18-20H,1H3,(H,21,22)/p-1/t11-,12+,13-,14-,16+/m1/s1. The minimum absolute atomic E-state index is 0.103. The highest BCUT2D eigenvalue weighted by molar-refractivity contribution is 5.81. The molecule has 2 heterocycles. The van der Waals surface area contributed by atoms with Gasteiger partial charge in [0.05, 0.1) is 5.97 Å². The first kappa shape index (κ1) is 17.4. The number of aliphatic carboxylic acids is 1. The third-order valence-corrected chi connectivity index (χ3v) is 3.98. The Morgan fingerprint density at radius 3 is 2.56 bits per heavy atom. The summed E-state index contributed by atoms with van der Waals surface area (Å²) in [5.74, 6) is -1.65. The van der Waals surface area contributed by atoms with Crippen molar-refractivity contribution in [2.75, 3.05) is 0 Å². The summed E-state index contributed by atoms with van der Waals surface area (Å²) in [6.45, 7) is 1.73. The maximum atomic E-state index is 11.4. The van der Waals surface area contributed by atoms with Gasteiger partial charge in [0.2, 0.25) is 6.29 Å². The van der Waals surface area contributed by atoms with E-state index in [1.165, 1.54) is 18.2 Å². The van der Waals surface area contributed by atoms with E-state index < -0.39 is 42.3 Å². The van der Waals surface area contributed by atoms with Crippen molar-refractivity contribution in [2.45, 2.75) is 37.6 Å². The third kappa shape index (κ3) is 3.22. The van der Waals surface area contributed by atoms with Crippen molar-refractivity contribution in [2.24, 2.45) is 0 Å². The van der Waals surface area contributed by atoms with Crippen LogP contribution in [0.2, 0.25) is 0 Å². The number of hydrogen-bond donors (Lipinski definition) is 3. The normalized spacial score (nSPS) is 29.5. The highest BCUT2D eigenvalue weighted by Crippen LogP contribution is 2.27. The van der Waals surface area contributed by atoms with Gasteiger partial charge in [0.15, 0.2) is 0 Å². The second-order valence-electron chi connectivity index (χ2n) is 5.74. The second kappa shape index (κ2) is 6.45. The van der Waals surface area contributed by atoms with Crippen LogP contribution in [0.1, 0.15) is 5.56 Å². The van der Waals surface area contributed by atoms with Crippen molar-refractivity contribution in [3.05, 3.63) is 40.2 Å². The van der Waals surface area contributed by atoms with Crippen LogP contribution in [0.5, 0.6) is 5.75 Å². The van der Waals surface area contributed by atoms with Gasteiger partial charge in [-0.25, -0.2) is 4.79 Å². The summed E-state index contributed by atoms with van der Waals surface area (Å²) in [6, 6.07) is 5.81. The molecule has 25 heavy (non-hydrogen) atoms. The van der Waals surface area contributed by atoms with Crippen LogP contribution < -0.4 is 15.5 Å². The van der Waals surface area contributed by atoms with Crippen molar-refractivity contribution in [1.82, 2.24) is 0 Å². The first-order chi connectivity index (χ1) is 11.8. The molecule has 3 rings (SSSR count). The first-order valence-corrected chi connectivity index (χ1v) is 7.39. The number of carboxylic acids is 1. The summed E-state index contributed by atoms with van der Waals surface area (Å²) in [5, 5.41) is 40.9. The SMILES string of the molecule is Cc1cc(=O)oc2cc(O[C@H]3O[C@@H](C(=O)[O-])[C@@H](O)[C@@H](O)[C@H]3O)ccc12. The van der Waals surface area contributed by atoms with E-state index in [0.29, 0.717) is 10.9 Å². The molecule has 9 heteroatoms. The summed E-state index contributed by atoms with van der Waals surface area (Å²) < 4.78 is 15.4. The molecule has 0 saturated carbocycles. The Hall–Kier alpha value is -2.46. The summed E-state index contributed by atoms with van der Waals surface area (Å²) in [4.78, 5) is 22.4. The molecular weight excluding hydrogens is 336 g/mol. The predicted molar refractivity (Wildman–Crippen MR) is 79.5 cm³/mol. The molecule has 1 aromatic carbocycles. The molecule has 1 saturated heterocycles. The Balaban J connectivity index is 1.89. The zero-order valence-corrected chi connectivity index (χ0v) is 13.0. The van der Waals surface area contributed by atoms with Gasteiger partial charge in [-0.05, 0) is 24.6 Å². The fourth-order valence-electron chi connectivity index (χ4n) is 2.65. The number of rotatable bonds is 3. The van der Waals surface area contributed by atoms with Crippen LogP contribution in [0.25, 0.3) is 11.0 Å². The van der Waals surface area contributed by atoms with Crippen LogP contribution in [-0.4, -0.2) is 52.0 Å². The lowest BCUT2D eigenvalue weighted by Gasteiger charge is -2.40. The average Bonchev–Trinajstić information content (AvgIpc) is 2.54. The Bertz CT molecular complexity index is 858. The number of aliphatic hydroxyl groups excluding tert-OH is 3. The van der Waals surface area contributed by atoms with E-state index in [2.05, 4.69) is 0 Å². The van der Waals surface area contributed by atoms with Gasteiger partial charge in [0.1, 0.15) is 35.7 Å². The molecule has 1 fully saturated rings. The second-order valence-corrected chi connectivity index (χ2v) is 5.74. The molecule has 1 aromatic heterocycles. The molecule has 1 aliphatic rings. The number of benzene rings is 1. The van der Waals surface area contributed by atoms with Crippen molar-refractivity contribution >= 4 is 16.9 Å². The third-order valence-electron chi connectivity index (χ3n) is 3.98. The van der Waals surface area contributed by atoms with Crippen molar-refractivity contribution < 1.29 is 39.1 Å². The minimum Gasteiger partial charge on any atom is -0.547 e. The molecule has 5 atom stereocenters. The topological polar surface area (TPSA) is 149 Å². The number of carbonyl (C=O) groups is 1. The highest BCUT2D eigenvalue weighted by atomic mass is 16.7. The molecule has 0 spiro atoms. The Labute approximate surface area is 140 Å². The molecule has 0 bridgehead atoms. The molecule has 134 valence electrons. The largest absolute Gasteiger partial charge is 0.547 e. The average molecular weight is 351 g/mol.